The van der Waals surface area contributed by atoms with E-state index in [2.05, 4.69) is 12.2 Å². The summed E-state index contributed by atoms with van der Waals surface area (Å²) in [5.74, 6) is -0.915. The van der Waals surface area contributed by atoms with Crippen LogP contribution in [0.1, 0.15) is 44.6 Å². The van der Waals surface area contributed by atoms with Crippen LogP contribution in [-0.2, 0) is 15.1 Å². The molecular weight excluding hydrogens is 266 g/mol. The van der Waals surface area contributed by atoms with E-state index in [9.17, 15) is 9.90 Å². The van der Waals surface area contributed by atoms with Gasteiger partial charge in [-0.15, -0.1) is 0 Å². The van der Waals surface area contributed by atoms with Crippen molar-refractivity contribution < 1.29 is 14.6 Å². The van der Waals surface area contributed by atoms with Gasteiger partial charge in [0.25, 0.3) is 0 Å². The highest BCUT2D eigenvalue weighted by Crippen LogP contribution is 2.22. The van der Waals surface area contributed by atoms with Crippen molar-refractivity contribution in [3.8, 4) is 0 Å². The standard InChI is InChI=1S/C17H27NO3/c1-3-4-5-6-10-13-21-14-17(18-2,16(19)20)15-11-8-7-9-12-15/h7-9,11-12,18H,3-6,10,13-14H2,1-2H3,(H,19,20). The molecule has 0 bridgehead atoms. The Morgan fingerprint density at radius 1 is 1.19 bits per heavy atom. The summed E-state index contributed by atoms with van der Waals surface area (Å²) >= 11 is 0. The van der Waals surface area contributed by atoms with E-state index in [1.165, 1.54) is 19.3 Å². The number of unbranched alkanes of at least 4 members (excludes halogenated alkanes) is 4. The zero-order chi connectivity index (χ0) is 15.6. The van der Waals surface area contributed by atoms with Crippen LogP contribution in [-0.4, -0.2) is 31.3 Å². The topological polar surface area (TPSA) is 58.6 Å². The minimum absolute atomic E-state index is 0.136. The summed E-state index contributed by atoms with van der Waals surface area (Å²) in [7, 11) is 1.66. The Morgan fingerprint density at radius 2 is 1.86 bits per heavy atom. The normalized spacial score (nSPS) is 13.8. The van der Waals surface area contributed by atoms with E-state index < -0.39 is 11.5 Å². The summed E-state index contributed by atoms with van der Waals surface area (Å²) in [6, 6.07) is 9.19. The fourth-order valence-electron chi connectivity index (χ4n) is 2.35. The predicted octanol–water partition coefficient (Wildman–Crippen LogP) is 3.17. The molecule has 4 nitrogen and oxygen atoms in total. The van der Waals surface area contributed by atoms with Crippen molar-refractivity contribution in [1.29, 1.82) is 0 Å². The number of benzene rings is 1. The van der Waals surface area contributed by atoms with Crippen molar-refractivity contribution in [3.63, 3.8) is 0 Å². The van der Waals surface area contributed by atoms with E-state index in [1.807, 2.05) is 30.3 Å². The van der Waals surface area contributed by atoms with Crippen LogP contribution in [0.4, 0.5) is 0 Å². The van der Waals surface area contributed by atoms with Crippen LogP contribution in [0.25, 0.3) is 0 Å². The van der Waals surface area contributed by atoms with Gasteiger partial charge in [0, 0.05) is 6.61 Å². The lowest BCUT2D eigenvalue weighted by Crippen LogP contribution is -2.51. The van der Waals surface area contributed by atoms with Crippen LogP contribution >= 0.6 is 0 Å². The summed E-state index contributed by atoms with van der Waals surface area (Å²) < 4.78 is 5.64. The maximum absolute atomic E-state index is 11.7. The number of likely N-dealkylation sites (N-methyl/N-ethyl adjacent to an activating group) is 1. The Kier molecular flexibility index (Phi) is 8.01. The molecule has 0 heterocycles. The fraction of sp³-hybridized carbons (Fsp3) is 0.588. The molecular formula is C17H27NO3. The van der Waals surface area contributed by atoms with Crippen molar-refractivity contribution in [2.45, 2.75) is 44.6 Å². The molecule has 0 amide bonds. The van der Waals surface area contributed by atoms with E-state index in [-0.39, 0.29) is 6.61 Å². The quantitative estimate of drug-likeness (QED) is 0.615. The Morgan fingerprint density at radius 3 is 2.43 bits per heavy atom. The molecule has 0 aliphatic heterocycles. The van der Waals surface area contributed by atoms with Gasteiger partial charge in [0.15, 0.2) is 5.54 Å². The summed E-state index contributed by atoms with van der Waals surface area (Å²) in [4.78, 5) is 11.7. The number of nitrogens with one attached hydrogen (secondary N) is 1. The van der Waals surface area contributed by atoms with E-state index in [4.69, 9.17) is 4.74 Å². The SMILES string of the molecule is CCCCCCCOCC(NC)(C(=O)O)c1ccccc1. The average molecular weight is 293 g/mol. The van der Waals surface area contributed by atoms with E-state index >= 15 is 0 Å². The third-order valence-electron chi connectivity index (χ3n) is 3.77. The van der Waals surface area contributed by atoms with Gasteiger partial charge in [-0.2, -0.15) is 0 Å². The molecule has 1 atom stereocenters. The first kappa shape index (κ1) is 17.7. The first-order chi connectivity index (χ1) is 10.2. The molecule has 1 rings (SSSR count). The summed E-state index contributed by atoms with van der Waals surface area (Å²) in [6.45, 7) is 2.92. The second-order valence-electron chi connectivity index (χ2n) is 5.29. The highest BCUT2D eigenvalue weighted by Gasteiger charge is 2.39. The van der Waals surface area contributed by atoms with Crippen LogP contribution < -0.4 is 5.32 Å². The molecule has 0 saturated heterocycles. The molecule has 118 valence electrons. The van der Waals surface area contributed by atoms with Crippen LogP contribution in [0.3, 0.4) is 0 Å². The molecule has 2 N–H and O–H groups in total. The Bertz CT molecular complexity index is 408. The number of carbonyl (C=O) groups is 1. The van der Waals surface area contributed by atoms with Gasteiger partial charge < -0.3 is 9.84 Å². The van der Waals surface area contributed by atoms with Crippen LogP contribution in [0.2, 0.25) is 0 Å². The van der Waals surface area contributed by atoms with Crippen molar-refractivity contribution in [3.05, 3.63) is 35.9 Å². The predicted molar refractivity (Wildman–Crippen MR) is 84.4 cm³/mol. The lowest BCUT2D eigenvalue weighted by molar-refractivity contribution is -0.148. The minimum atomic E-state index is -1.18. The Balaban J connectivity index is 2.54. The van der Waals surface area contributed by atoms with Crippen LogP contribution in [0, 0.1) is 0 Å². The van der Waals surface area contributed by atoms with Gasteiger partial charge in [-0.3, -0.25) is 5.32 Å². The number of aliphatic carboxylic acids is 1. The molecule has 0 spiro atoms. The van der Waals surface area contributed by atoms with E-state index in [1.54, 1.807) is 7.05 Å². The molecule has 21 heavy (non-hydrogen) atoms. The van der Waals surface area contributed by atoms with Gasteiger partial charge >= 0.3 is 5.97 Å². The van der Waals surface area contributed by atoms with Gasteiger partial charge in [-0.1, -0.05) is 62.9 Å². The monoisotopic (exact) mass is 293 g/mol. The molecule has 0 aliphatic carbocycles. The summed E-state index contributed by atoms with van der Waals surface area (Å²) in [5.41, 5.74) is -0.462. The molecule has 4 heteroatoms. The van der Waals surface area contributed by atoms with Crippen molar-refractivity contribution in [2.24, 2.45) is 0 Å². The highest BCUT2D eigenvalue weighted by molar-refractivity contribution is 5.81. The zero-order valence-electron chi connectivity index (χ0n) is 13.1. The first-order valence-electron chi connectivity index (χ1n) is 7.73. The molecule has 0 aliphatic rings. The maximum atomic E-state index is 11.7. The highest BCUT2D eigenvalue weighted by atomic mass is 16.5. The minimum Gasteiger partial charge on any atom is -0.480 e. The van der Waals surface area contributed by atoms with Crippen LogP contribution in [0.15, 0.2) is 30.3 Å². The number of carboxylic acids is 1. The maximum Gasteiger partial charge on any atom is 0.330 e. The lowest BCUT2D eigenvalue weighted by Gasteiger charge is -2.29. The smallest absolute Gasteiger partial charge is 0.330 e. The second kappa shape index (κ2) is 9.53. The number of rotatable bonds is 11. The first-order valence-corrected chi connectivity index (χ1v) is 7.73. The second-order valence-corrected chi connectivity index (χ2v) is 5.29. The molecule has 0 radical (unpaired) electrons. The average Bonchev–Trinajstić information content (AvgIpc) is 2.51. The van der Waals surface area contributed by atoms with Crippen LogP contribution in [0.5, 0.6) is 0 Å². The number of hydrogen-bond acceptors (Lipinski definition) is 3. The fourth-order valence-corrected chi connectivity index (χ4v) is 2.35. The van der Waals surface area contributed by atoms with E-state index in [0.29, 0.717) is 12.2 Å². The molecule has 0 fully saturated rings. The zero-order valence-corrected chi connectivity index (χ0v) is 13.1. The third kappa shape index (κ3) is 5.14. The molecule has 1 aromatic carbocycles. The van der Waals surface area contributed by atoms with Crippen molar-refractivity contribution in [2.75, 3.05) is 20.3 Å². The van der Waals surface area contributed by atoms with Gasteiger partial charge in [0.05, 0.1) is 6.61 Å². The van der Waals surface area contributed by atoms with E-state index in [0.717, 1.165) is 12.8 Å². The summed E-state index contributed by atoms with van der Waals surface area (Å²) in [5, 5.41) is 12.5. The third-order valence-corrected chi connectivity index (χ3v) is 3.77. The van der Waals surface area contributed by atoms with Crippen molar-refractivity contribution >= 4 is 5.97 Å². The van der Waals surface area contributed by atoms with Gasteiger partial charge in [0.2, 0.25) is 0 Å². The van der Waals surface area contributed by atoms with Gasteiger partial charge in [0.1, 0.15) is 0 Å². The molecule has 1 aromatic rings. The number of ether oxygens (including phenoxy) is 1. The molecule has 1 unspecified atom stereocenters. The number of carboxylic acid groups (broad SMARTS) is 1. The van der Waals surface area contributed by atoms with Gasteiger partial charge in [-0.05, 0) is 19.0 Å². The molecule has 0 aromatic heterocycles. The summed E-state index contributed by atoms with van der Waals surface area (Å²) in [6.07, 6.45) is 5.80. The Labute approximate surface area is 127 Å². The lowest BCUT2D eigenvalue weighted by atomic mass is 9.91. The van der Waals surface area contributed by atoms with Gasteiger partial charge in [-0.25, -0.2) is 4.79 Å². The largest absolute Gasteiger partial charge is 0.480 e. The number of hydrogen-bond donors (Lipinski definition) is 2. The van der Waals surface area contributed by atoms with Crippen molar-refractivity contribution in [1.82, 2.24) is 5.32 Å². The molecule has 0 saturated carbocycles. The Hall–Kier alpha value is -1.39.